The third-order valence-electron chi connectivity index (χ3n) is 2.55. The average Bonchev–Trinajstić information content (AvgIpc) is 2.21. The number of benzene rings is 1. The first-order chi connectivity index (χ1) is 7.74. The van der Waals surface area contributed by atoms with Crippen LogP contribution in [0.3, 0.4) is 0 Å². The molecule has 17 heavy (non-hydrogen) atoms. The van der Waals surface area contributed by atoms with Crippen LogP contribution in [0.25, 0.3) is 0 Å². The van der Waals surface area contributed by atoms with Crippen molar-refractivity contribution < 1.29 is 22.7 Å². The standard InChI is InChI=1S/C11H13FO4S/c1-7-5-10(12)4-3-9(7)6-17(15,16)8(2)11(13)14/h3-5,8H,6H2,1-2H3,(H,13,14). The molecule has 1 aromatic rings. The number of carboxylic acids is 1. The first-order valence-electron chi connectivity index (χ1n) is 4.93. The van der Waals surface area contributed by atoms with Crippen molar-refractivity contribution in [2.45, 2.75) is 24.9 Å². The monoisotopic (exact) mass is 260 g/mol. The number of aliphatic carboxylic acids is 1. The van der Waals surface area contributed by atoms with Crippen molar-refractivity contribution in [3.8, 4) is 0 Å². The van der Waals surface area contributed by atoms with Gasteiger partial charge in [0.2, 0.25) is 0 Å². The fourth-order valence-electron chi connectivity index (χ4n) is 1.32. The Bertz CT molecular complexity index is 536. The molecular formula is C11H13FO4S. The molecule has 0 spiro atoms. The molecule has 1 N–H and O–H groups in total. The summed E-state index contributed by atoms with van der Waals surface area (Å²) in [5.41, 5.74) is 0.908. The Hall–Kier alpha value is -1.43. The van der Waals surface area contributed by atoms with Crippen molar-refractivity contribution in [2.75, 3.05) is 0 Å². The minimum Gasteiger partial charge on any atom is -0.480 e. The second kappa shape index (κ2) is 4.83. The summed E-state index contributed by atoms with van der Waals surface area (Å²) in [4.78, 5) is 10.6. The lowest BCUT2D eigenvalue weighted by Crippen LogP contribution is -2.28. The molecule has 0 saturated heterocycles. The molecular weight excluding hydrogens is 247 g/mol. The number of sulfone groups is 1. The van der Waals surface area contributed by atoms with Crippen molar-refractivity contribution in [2.24, 2.45) is 0 Å². The molecule has 6 heteroatoms. The Morgan fingerprint density at radius 3 is 2.53 bits per heavy atom. The van der Waals surface area contributed by atoms with E-state index in [1.807, 2.05) is 0 Å². The van der Waals surface area contributed by atoms with Crippen LogP contribution < -0.4 is 0 Å². The SMILES string of the molecule is Cc1cc(F)ccc1CS(=O)(=O)C(C)C(=O)O. The zero-order valence-corrected chi connectivity index (χ0v) is 10.3. The van der Waals surface area contributed by atoms with E-state index in [1.54, 1.807) is 6.92 Å². The fraction of sp³-hybridized carbons (Fsp3) is 0.364. The number of rotatable bonds is 4. The fourth-order valence-corrected chi connectivity index (χ4v) is 2.63. The highest BCUT2D eigenvalue weighted by Gasteiger charge is 2.28. The molecule has 0 saturated carbocycles. The predicted molar refractivity (Wildman–Crippen MR) is 60.9 cm³/mol. The van der Waals surface area contributed by atoms with E-state index < -0.39 is 32.6 Å². The highest BCUT2D eigenvalue weighted by Crippen LogP contribution is 2.16. The lowest BCUT2D eigenvalue weighted by Gasteiger charge is -2.10. The molecule has 0 fully saturated rings. The second-order valence-electron chi connectivity index (χ2n) is 3.86. The van der Waals surface area contributed by atoms with Gasteiger partial charge in [-0.25, -0.2) is 12.8 Å². The van der Waals surface area contributed by atoms with E-state index in [0.717, 1.165) is 13.0 Å². The van der Waals surface area contributed by atoms with Gasteiger partial charge < -0.3 is 5.11 Å². The summed E-state index contributed by atoms with van der Waals surface area (Å²) in [5, 5.41) is 7.20. The molecule has 1 aromatic carbocycles. The maximum atomic E-state index is 12.8. The summed E-state index contributed by atoms with van der Waals surface area (Å²) in [5.74, 6) is -2.23. The van der Waals surface area contributed by atoms with Crippen LogP contribution in [-0.4, -0.2) is 24.7 Å². The summed E-state index contributed by atoms with van der Waals surface area (Å²) in [6, 6.07) is 3.73. The Kier molecular flexibility index (Phi) is 3.87. The van der Waals surface area contributed by atoms with Crippen molar-refractivity contribution in [3.05, 3.63) is 35.1 Å². The molecule has 0 radical (unpaired) electrons. The summed E-state index contributed by atoms with van der Waals surface area (Å²) in [6.07, 6.45) is 0. The molecule has 0 aliphatic rings. The molecule has 1 atom stereocenters. The molecule has 0 aliphatic heterocycles. The first kappa shape index (κ1) is 13.6. The topological polar surface area (TPSA) is 71.4 Å². The van der Waals surface area contributed by atoms with Gasteiger partial charge in [-0.05, 0) is 37.1 Å². The number of hydrogen-bond acceptors (Lipinski definition) is 3. The third-order valence-corrected chi connectivity index (χ3v) is 4.54. The van der Waals surface area contributed by atoms with Crippen LogP contribution >= 0.6 is 0 Å². The van der Waals surface area contributed by atoms with Gasteiger partial charge in [-0.3, -0.25) is 4.79 Å². The lowest BCUT2D eigenvalue weighted by atomic mass is 10.1. The zero-order chi connectivity index (χ0) is 13.2. The van der Waals surface area contributed by atoms with Crippen LogP contribution in [0.5, 0.6) is 0 Å². The molecule has 0 aromatic heterocycles. The minimum absolute atomic E-state index is 0.396. The van der Waals surface area contributed by atoms with E-state index >= 15 is 0 Å². The number of hydrogen-bond donors (Lipinski definition) is 1. The van der Waals surface area contributed by atoms with Crippen molar-refractivity contribution in [1.82, 2.24) is 0 Å². The maximum absolute atomic E-state index is 12.8. The van der Waals surface area contributed by atoms with Gasteiger partial charge in [-0.15, -0.1) is 0 Å². The van der Waals surface area contributed by atoms with Gasteiger partial charge in [-0.2, -0.15) is 0 Å². The van der Waals surface area contributed by atoms with Crippen LogP contribution in [0.1, 0.15) is 18.1 Å². The molecule has 94 valence electrons. The molecule has 4 nitrogen and oxygen atoms in total. The van der Waals surface area contributed by atoms with Gasteiger partial charge in [0.1, 0.15) is 5.82 Å². The van der Waals surface area contributed by atoms with Gasteiger partial charge in [-0.1, -0.05) is 6.07 Å². The van der Waals surface area contributed by atoms with Crippen LogP contribution in [0.4, 0.5) is 4.39 Å². The summed E-state index contributed by atoms with van der Waals surface area (Å²) < 4.78 is 36.2. The number of carbonyl (C=O) groups is 1. The van der Waals surface area contributed by atoms with Gasteiger partial charge in [0, 0.05) is 0 Å². The minimum atomic E-state index is -3.77. The van der Waals surface area contributed by atoms with Crippen molar-refractivity contribution in [3.63, 3.8) is 0 Å². The predicted octanol–water partition coefficient (Wildman–Crippen LogP) is 1.52. The second-order valence-corrected chi connectivity index (χ2v) is 6.18. The Morgan fingerprint density at radius 1 is 1.47 bits per heavy atom. The van der Waals surface area contributed by atoms with E-state index in [0.29, 0.717) is 11.1 Å². The highest BCUT2D eigenvalue weighted by molar-refractivity contribution is 7.91. The van der Waals surface area contributed by atoms with E-state index in [1.165, 1.54) is 12.1 Å². The Balaban J connectivity index is 3.02. The largest absolute Gasteiger partial charge is 0.480 e. The molecule has 1 rings (SSSR count). The normalized spacial score (nSPS) is 13.4. The molecule has 0 aliphatic carbocycles. The summed E-state index contributed by atoms with van der Waals surface area (Å²) >= 11 is 0. The Labute approximate surface area is 99.0 Å². The van der Waals surface area contributed by atoms with Crippen molar-refractivity contribution in [1.29, 1.82) is 0 Å². The maximum Gasteiger partial charge on any atom is 0.321 e. The molecule has 0 heterocycles. The first-order valence-corrected chi connectivity index (χ1v) is 6.65. The van der Waals surface area contributed by atoms with Crippen LogP contribution in [0.15, 0.2) is 18.2 Å². The number of aryl methyl sites for hydroxylation is 1. The Morgan fingerprint density at radius 2 is 2.06 bits per heavy atom. The van der Waals surface area contributed by atoms with Crippen molar-refractivity contribution >= 4 is 15.8 Å². The smallest absolute Gasteiger partial charge is 0.321 e. The zero-order valence-electron chi connectivity index (χ0n) is 9.47. The van der Waals surface area contributed by atoms with Gasteiger partial charge >= 0.3 is 5.97 Å². The number of carboxylic acid groups (broad SMARTS) is 1. The van der Waals surface area contributed by atoms with Gasteiger partial charge in [0.05, 0.1) is 5.75 Å². The molecule has 0 bridgehead atoms. The molecule has 0 amide bonds. The third kappa shape index (κ3) is 3.26. The van der Waals surface area contributed by atoms with E-state index in [9.17, 15) is 17.6 Å². The summed E-state index contributed by atoms with van der Waals surface area (Å²) in [6.45, 7) is 2.70. The van der Waals surface area contributed by atoms with Gasteiger partial charge in [0.15, 0.2) is 15.1 Å². The van der Waals surface area contributed by atoms with Crippen LogP contribution in [-0.2, 0) is 20.4 Å². The number of halogens is 1. The van der Waals surface area contributed by atoms with E-state index in [4.69, 9.17) is 5.11 Å². The van der Waals surface area contributed by atoms with Crippen LogP contribution in [0, 0.1) is 12.7 Å². The van der Waals surface area contributed by atoms with Crippen LogP contribution in [0.2, 0.25) is 0 Å². The average molecular weight is 260 g/mol. The van der Waals surface area contributed by atoms with E-state index in [2.05, 4.69) is 0 Å². The van der Waals surface area contributed by atoms with E-state index in [-0.39, 0.29) is 0 Å². The highest BCUT2D eigenvalue weighted by atomic mass is 32.2. The van der Waals surface area contributed by atoms with Gasteiger partial charge in [0.25, 0.3) is 0 Å². The lowest BCUT2D eigenvalue weighted by molar-refractivity contribution is -0.136. The molecule has 1 unspecified atom stereocenters. The summed E-state index contributed by atoms with van der Waals surface area (Å²) in [7, 11) is -3.77. The quantitative estimate of drug-likeness (QED) is 0.891.